The van der Waals surface area contributed by atoms with Gasteiger partial charge in [0.25, 0.3) is 5.56 Å². The van der Waals surface area contributed by atoms with E-state index < -0.39 is 17.4 Å². The van der Waals surface area contributed by atoms with Gasteiger partial charge in [0, 0.05) is 13.6 Å². The molecule has 0 bridgehead atoms. The number of nitrogens with zero attached hydrogens (tertiary/aromatic N) is 3. The standard InChI is InChI=1S/C22H31N5O4/c1-4-6-7-11-23-21-24-19-18(20(29)25-22(30)26(19)3)27(21)13-16(28)14-31-17-10-8-9-15(5-2)12-17/h8-10,12,16,28H,4-7,11,13-14H2,1-3H3,(H,23,24)(H,25,29,30)/t16-/m1/s1. The molecule has 0 aliphatic heterocycles. The number of nitrogens with one attached hydrogen (secondary N) is 2. The van der Waals surface area contributed by atoms with Crippen molar-refractivity contribution in [2.45, 2.75) is 52.2 Å². The molecule has 2 aromatic heterocycles. The van der Waals surface area contributed by atoms with E-state index in [1.807, 2.05) is 24.3 Å². The molecule has 0 saturated heterocycles. The van der Waals surface area contributed by atoms with Crippen molar-refractivity contribution in [3.05, 3.63) is 50.7 Å². The number of unbranched alkanes of at least 4 members (excludes halogenated alkanes) is 2. The molecule has 3 N–H and O–H groups in total. The van der Waals surface area contributed by atoms with Crippen LogP contribution in [0.5, 0.6) is 5.75 Å². The molecule has 0 amide bonds. The molecule has 3 aromatic rings. The van der Waals surface area contributed by atoms with Crippen molar-refractivity contribution in [2.24, 2.45) is 7.05 Å². The fraction of sp³-hybridized carbons (Fsp3) is 0.500. The highest BCUT2D eigenvalue weighted by atomic mass is 16.5. The molecule has 3 rings (SSSR count). The largest absolute Gasteiger partial charge is 0.491 e. The molecule has 2 heterocycles. The Morgan fingerprint density at radius 2 is 2.06 bits per heavy atom. The second kappa shape index (κ2) is 10.3. The van der Waals surface area contributed by atoms with Crippen molar-refractivity contribution in [3.63, 3.8) is 0 Å². The molecule has 9 nitrogen and oxygen atoms in total. The van der Waals surface area contributed by atoms with Crippen LogP contribution in [0.1, 0.15) is 38.7 Å². The van der Waals surface area contributed by atoms with Crippen molar-refractivity contribution in [1.82, 2.24) is 19.1 Å². The predicted molar refractivity (Wildman–Crippen MR) is 121 cm³/mol. The first-order valence-corrected chi connectivity index (χ1v) is 10.8. The molecular formula is C22H31N5O4. The minimum absolute atomic E-state index is 0.0613. The lowest BCUT2D eigenvalue weighted by molar-refractivity contribution is 0.0938. The van der Waals surface area contributed by atoms with E-state index in [0.717, 1.165) is 31.2 Å². The number of ether oxygens (including phenoxy) is 1. The molecule has 1 atom stereocenters. The Morgan fingerprint density at radius 1 is 1.26 bits per heavy atom. The molecule has 0 radical (unpaired) electrons. The number of aromatic nitrogens is 4. The van der Waals surface area contributed by atoms with Gasteiger partial charge in [0.05, 0.1) is 6.54 Å². The average Bonchev–Trinajstić information content (AvgIpc) is 3.12. The maximum absolute atomic E-state index is 12.5. The number of aryl methyl sites for hydroxylation is 2. The first-order valence-electron chi connectivity index (χ1n) is 10.8. The summed E-state index contributed by atoms with van der Waals surface area (Å²) in [7, 11) is 1.55. The molecule has 31 heavy (non-hydrogen) atoms. The highest BCUT2D eigenvalue weighted by Gasteiger charge is 2.19. The quantitative estimate of drug-likeness (QED) is 0.402. The van der Waals surface area contributed by atoms with Crippen LogP contribution in [0.2, 0.25) is 0 Å². The summed E-state index contributed by atoms with van der Waals surface area (Å²) in [5.41, 5.74) is 0.608. The summed E-state index contributed by atoms with van der Waals surface area (Å²) in [6.07, 6.45) is 3.13. The number of aromatic amines is 1. The van der Waals surface area contributed by atoms with Gasteiger partial charge in [0.2, 0.25) is 5.95 Å². The van der Waals surface area contributed by atoms with E-state index in [1.165, 1.54) is 4.57 Å². The molecule has 1 aromatic carbocycles. The maximum Gasteiger partial charge on any atom is 0.329 e. The van der Waals surface area contributed by atoms with Crippen LogP contribution in [0.15, 0.2) is 33.9 Å². The summed E-state index contributed by atoms with van der Waals surface area (Å²) >= 11 is 0. The van der Waals surface area contributed by atoms with Gasteiger partial charge in [-0.15, -0.1) is 0 Å². The summed E-state index contributed by atoms with van der Waals surface area (Å²) in [4.78, 5) is 31.3. The van der Waals surface area contributed by atoms with E-state index in [-0.39, 0.29) is 24.3 Å². The molecular weight excluding hydrogens is 398 g/mol. The van der Waals surface area contributed by atoms with Gasteiger partial charge in [-0.2, -0.15) is 4.98 Å². The van der Waals surface area contributed by atoms with E-state index in [0.29, 0.717) is 18.2 Å². The van der Waals surface area contributed by atoms with Crippen LogP contribution in [0, 0.1) is 0 Å². The number of hydrogen-bond acceptors (Lipinski definition) is 6. The second-order valence-corrected chi connectivity index (χ2v) is 7.64. The van der Waals surface area contributed by atoms with Crippen molar-refractivity contribution in [3.8, 4) is 5.75 Å². The van der Waals surface area contributed by atoms with Gasteiger partial charge in [-0.1, -0.05) is 38.8 Å². The Morgan fingerprint density at radius 3 is 2.81 bits per heavy atom. The van der Waals surface area contributed by atoms with Gasteiger partial charge in [-0.3, -0.25) is 14.3 Å². The topological polar surface area (TPSA) is 114 Å². The summed E-state index contributed by atoms with van der Waals surface area (Å²) in [5.74, 6) is 1.14. The number of anilines is 1. The van der Waals surface area contributed by atoms with Crippen molar-refractivity contribution < 1.29 is 9.84 Å². The van der Waals surface area contributed by atoms with Gasteiger partial charge >= 0.3 is 5.69 Å². The van der Waals surface area contributed by atoms with Crippen molar-refractivity contribution in [2.75, 3.05) is 18.5 Å². The van der Waals surface area contributed by atoms with E-state index in [2.05, 4.69) is 29.1 Å². The minimum Gasteiger partial charge on any atom is -0.491 e. The van der Waals surface area contributed by atoms with Gasteiger partial charge in [-0.05, 0) is 30.5 Å². The lowest BCUT2D eigenvalue weighted by Crippen LogP contribution is -2.31. The first kappa shape index (κ1) is 22.6. The summed E-state index contributed by atoms with van der Waals surface area (Å²) in [5, 5.41) is 13.9. The molecule has 0 aliphatic rings. The maximum atomic E-state index is 12.5. The number of H-pyrrole nitrogens is 1. The van der Waals surface area contributed by atoms with E-state index in [9.17, 15) is 14.7 Å². The molecule has 0 saturated carbocycles. The van der Waals surface area contributed by atoms with E-state index >= 15 is 0 Å². The third-order valence-electron chi connectivity index (χ3n) is 5.21. The number of imidazole rings is 1. The van der Waals surface area contributed by atoms with Crippen LogP contribution in [0.25, 0.3) is 11.2 Å². The predicted octanol–water partition coefficient (Wildman–Crippen LogP) is 2.03. The number of aliphatic hydroxyl groups is 1. The summed E-state index contributed by atoms with van der Waals surface area (Å²) in [6.45, 7) is 5.03. The summed E-state index contributed by atoms with van der Waals surface area (Å²) < 4.78 is 8.67. The first-order chi connectivity index (χ1) is 14.9. The van der Waals surface area contributed by atoms with Crippen LogP contribution < -0.4 is 21.3 Å². The zero-order chi connectivity index (χ0) is 22.4. The Labute approximate surface area is 180 Å². The Kier molecular flexibility index (Phi) is 7.51. The van der Waals surface area contributed by atoms with Gasteiger partial charge in [0.15, 0.2) is 11.2 Å². The fourth-order valence-corrected chi connectivity index (χ4v) is 3.43. The second-order valence-electron chi connectivity index (χ2n) is 7.64. The SMILES string of the molecule is CCCCCNc1nc2c(c(=O)[nH]c(=O)n2C)n1C[C@@H](O)COc1cccc(CC)c1. The zero-order valence-electron chi connectivity index (χ0n) is 18.4. The summed E-state index contributed by atoms with van der Waals surface area (Å²) in [6, 6.07) is 7.73. The normalized spacial score (nSPS) is 12.3. The highest BCUT2D eigenvalue weighted by molar-refractivity contribution is 5.74. The molecule has 168 valence electrons. The zero-order valence-corrected chi connectivity index (χ0v) is 18.4. The van der Waals surface area contributed by atoms with Crippen LogP contribution in [0.3, 0.4) is 0 Å². The number of fused-ring (bicyclic) bond motifs is 1. The lowest BCUT2D eigenvalue weighted by Gasteiger charge is -2.16. The Hall–Kier alpha value is -3.07. The molecule has 0 aliphatic carbocycles. The number of hydrogen-bond donors (Lipinski definition) is 3. The van der Waals surface area contributed by atoms with E-state index in [1.54, 1.807) is 11.6 Å². The third kappa shape index (κ3) is 5.35. The average molecular weight is 430 g/mol. The van der Waals surface area contributed by atoms with Crippen LogP contribution in [-0.2, 0) is 20.0 Å². The van der Waals surface area contributed by atoms with Crippen LogP contribution in [0.4, 0.5) is 5.95 Å². The van der Waals surface area contributed by atoms with Gasteiger partial charge in [-0.25, -0.2) is 4.79 Å². The highest BCUT2D eigenvalue weighted by Crippen LogP contribution is 2.18. The van der Waals surface area contributed by atoms with Crippen molar-refractivity contribution >= 4 is 17.1 Å². The number of aliphatic hydroxyl groups excluding tert-OH is 1. The van der Waals surface area contributed by atoms with Gasteiger partial charge in [0.1, 0.15) is 18.5 Å². The molecule has 0 unspecified atom stereocenters. The lowest BCUT2D eigenvalue weighted by atomic mass is 10.2. The smallest absolute Gasteiger partial charge is 0.329 e. The minimum atomic E-state index is -0.879. The monoisotopic (exact) mass is 429 g/mol. The molecule has 0 spiro atoms. The molecule has 0 fully saturated rings. The number of rotatable bonds is 11. The van der Waals surface area contributed by atoms with Crippen LogP contribution >= 0.6 is 0 Å². The van der Waals surface area contributed by atoms with Crippen LogP contribution in [-0.4, -0.2) is 43.5 Å². The van der Waals surface area contributed by atoms with Crippen molar-refractivity contribution in [1.29, 1.82) is 0 Å². The fourth-order valence-electron chi connectivity index (χ4n) is 3.43. The molecule has 9 heteroatoms. The Bertz CT molecular complexity index is 1130. The number of benzene rings is 1. The Balaban J connectivity index is 1.83. The third-order valence-corrected chi connectivity index (χ3v) is 5.21. The van der Waals surface area contributed by atoms with Gasteiger partial charge < -0.3 is 19.7 Å². The van der Waals surface area contributed by atoms with E-state index in [4.69, 9.17) is 4.74 Å².